The molecule has 0 spiro atoms. The zero-order valence-electron chi connectivity index (χ0n) is 11.6. The summed E-state index contributed by atoms with van der Waals surface area (Å²) in [4.78, 5) is 10.6. The molecule has 0 saturated carbocycles. The second-order valence-corrected chi connectivity index (χ2v) is 5.98. The summed E-state index contributed by atoms with van der Waals surface area (Å²) in [5, 5.41) is 10.1. The van der Waals surface area contributed by atoms with Gasteiger partial charge in [-0.15, -0.1) is 11.6 Å². The summed E-state index contributed by atoms with van der Waals surface area (Å²) in [5.41, 5.74) is 0.685. The summed E-state index contributed by atoms with van der Waals surface area (Å²) in [6.07, 6.45) is -0.619. The molecule has 0 amide bonds. The van der Waals surface area contributed by atoms with Crippen LogP contribution in [0.1, 0.15) is 32.8 Å². The molecule has 4 heteroatoms. The Morgan fingerprint density at radius 1 is 1.37 bits per heavy atom. The Kier molecular flexibility index (Phi) is 5.83. The van der Waals surface area contributed by atoms with E-state index in [-0.39, 0.29) is 0 Å². The van der Waals surface area contributed by atoms with Crippen molar-refractivity contribution in [2.24, 2.45) is 5.92 Å². The highest BCUT2D eigenvalue weighted by Crippen LogP contribution is 2.32. The third-order valence-corrected chi connectivity index (χ3v) is 3.44. The molecule has 0 fully saturated rings. The summed E-state index contributed by atoms with van der Waals surface area (Å²) < 4.78 is 5.05. The number of hydrogen-bond acceptors (Lipinski definition) is 3. The smallest absolute Gasteiger partial charge is 0.337 e. The van der Waals surface area contributed by atoms with E-state index in [0.29, 0.717) is 18.1 Å². The van der Waals surface area contributed by atoms with Crippen molar-refractivity contribution in [3.05, 3.63) is 35.9 Å². The Bertz CT molecular complexity index is 401. The second-order valence-electron chi connectivity index (χ2n) is 5.19. The lowest BCUT2D eigenvalue weighted by Crippen LogP contribution is -2.39. The van der Waals surface area contributed by atoms with Crippen LogP contribution >= 0.6 is 11.6 Å². The number of ether oxygens (including phenoxy) is 1. The highest BCUT2D eigenvalue weighted by Gasteiger charge is 2.38. The Balaban J connectivity index is 2.65. The molecule has 19 heavy (non-hydrogen) atoms. The summed E-state index contributed by atoms with van der Waals surface area (Å²) in [6.45, 7) is 5.99. The molecule has 1 aromatic carbocycles. The minimum atomic E-state index is -1.39. The highest BCUT2D eigenvalue weighted by atomic mass is 35.5. The molecule has 1 N–H and O–H groups in total. The number of rotatable bonds is 6. The predicted molar refractivity (Wildman–Crippen MR) is 76.1 cm³/mol. The van der Waals surface area contributed by atoms with Crippen LogP contribution < -0.4 is 0 Å². The van der Waals surface area contributed by atoms with Crippen LogP contribution in [0.3, 0.4) is 0 Å². The topological polar surface area (TPSA) is 46.5 Å². The molecule has 106 valence electrons. The van der Waals surface area contributed by atoms with Crippen molar-refractivity contribution in [1.82, 2.24) is 0 Å². The molecular weight excluding hydrogens is 264 g/mol. The number of alkyl halides is 1. The molecule has 0 radical (unpaired) electrons. The largest absolute Gasteiger partial charge is 0.464 e. The molecule has 0 aliphatic carbocycles. The van der Waals surface area contributed by atoms with Gasteiger partial charge in [0.25, 0.3) is 0 Å². The molecule has 0 aromatic heterocycles. The molecule has 0 aliphatic rings. The summed E-state index contributed by atoms with van der Waals surface area (Å²) >= 11 is 6.30. The first kappa shape index (κ1) is 16.0. The summed E-state index contributed by atoms with van der Waals surface area (Å²) in [5.74, 6) is -0.233. The first-order valence-electron chi connectivity index (χ1n) is 6.45. The monoisotopic (exact) mass is 284 g/mol. The lowest BCUT2D eigenvalue weighted by molar-refractivity contribution is -0.155. The number of carbonyl (C=O) groups excluding carboxylic acids is 1. The minimum Gasteiger partial charge on any atom is -0.464 e. The number of halogens is 1. The SMILES string of the molecule is CC(C)CCOC(=O)[C@H](O)[C@](C)(Cl)c1ccccc1. The number of hydrogen-bond donors (Lipinski definition) is 1. The van der Waals surface area contributed by atoms with E-state index in [2.05, 4.69) is 0 Å². The molecular formula is C15H21ClO3. The van der Waals surface area contributed by atoms with Gasteiger partial charge in [0, 0.05) is 0 Å². The second kappa shape index (κ2) is 6.92. The van der Waals surface area contributed by atoms with Crippen LogP contribution in [0, 0.1) is 5.92 Å². The van der Waals surface area contributed by atoms with Gasteiger partial charge in [-0.25, -0.2) is 4.79 Å². The number of aliphatic hydroxyl groups excluding tert-OH is 1. The van der Waals surface area contributed by atoms with Gasteiger partial charge in [0.15, 0.2) is 6.10 Å². The third-order valence-electron chi connectivity index (χ3n) is 3.01. The average molecular weight is 285 g/mol. The molecule has 0 unspecified atom stereocenters. The maximum atomic E-state index is 11.8. The maximum Gasteiger partial charge on any atom is 0.337 e. The molecule has 0 aliphatic heterocycles. The van der Waals surface area contributed by atoms with E-state index in [1.54, 1.807) is 19.1 Å². The van der Waals surface area contributed by atoms with Crippen LogP contribution in [0.2, 0.25) is 0 Å². The molecule has 0 bridgehead atoms. The van der Waals surface area contributed by atoms with Crippen molar-refractivity contribution in [3.63, 3.8) is 0 Å². The van der Waals surface area contributed by atoms with Gasteiger partial charge in [0.1, 0.15) is 4.87 Å². The first-order valence-corrected chi connectivity index (χ1v) is 6.82. The van der Waals surface area contributed by atoms with Gasteiger partial charge in [-0.2, -0.15) is 0 Å². The molecule has 0 saturated heterocycles. The molecule has 1 aromatic rings. The lowest BCUT2D eigenvalue weighted by atomic mass is 9.94. The first-order chi connectivity index (χ1) is 8.85. The van der Waals surface area contributed by atoms with Crippen molar-refractivity contribution >= 4 is 17.6 Å². The Labute approximate surface area is 119 Å². The fourth-order valence-corrected chi connectivity index (χ4v) is 1.83. The Hall–Kier alpha value is -1.06. The zero-order chi connectivity index (χ0) is 14.5. The quantitative estimate of drug-likeness (QED) is 0.645. The van der Waals surface area contributed by atoms with Gasteiger partial charge in [-0.1, -0.05) is 44.2 Å². The van der Waals surface area contributed by atoms with Crippen molar-refractivity contribution in [3.8, 4) is 0 Å². The van der Waals surface area contributed by atoms with Crippen LogP contribution in [-0.4, -0.2) is 23.8 Å². The van der Waals surface area contributed by atoms with Gasteiger partial charge >= 0.3 is 5.97 Å². The van der Waals surface area contributed by atoms with E-state index < -0.39 is 16.9 Å². The fourth-order valence-electron chi connectivity index (χ4n) is 1.62. The average Bonchev–Trinajstić information content (AvgIpc) is 2.38. The number of benzene rings is 1. The summed E-state index contributed by atoms with van der Waals surface area (Å²) in [7, 11) is 0. The lowest BCUT2D eigenvalue weighted by Gasteiger charge is -2.27. The Morgan fingerprint density at radius 3 is 2.47 bits per heavy atom. The standard InChI is InChI=1S/C15H21ClO3/c1-11(2)9-10-19-14(18)13(17)15(3,16)12-7-5-4-6-8-12/h4-8,11,13,17H,9-10H2,1-3H3/t13-,15+/m0/s1. The van der Waals surface area contributed by atoms with Crippen LogP contribution in [0.25, 0.3) is 0 Å². The molecule has 2 atom stereocenters. The van der Waals surface area contributed by atoms with Gasteiger partial charge < -0.3 is 9.84 Å². The van der Waals surface area contributed by atoms with Crippen LogP contribution in [0.5, 0.6) is 0 Å². The van der Waals surface area contributed by atoms with Gasteiger partial charge in [-0.3, -0.25) is 0 Å². The normalized spacial score (nSPS) is 15.9. The number of carbonyl (C=O) groups is 1. The van der Waals surface area contributed by atoms with Crippen molar-refractivity contribution < 1.29 is 14.6 Å². The van der Waals surface area contributed by atoms with E-state index in [0.717, 1.165) is 6.42 Å². The number of aliphatic hydroxyl groups is 1. The Morgan fingerprint density at radius 2 is 1.95 bits per heavy atom. The van der Waals surface area contributed by atoms with Crippen LogP contribution in [0.4, 0.5) is 0 Å². The molecule has 1 rings (SSSR count). The zero-order valence-corrected chi connectivity index (χ0v) is 12.4. The maximum absolute atomic E-state index is 11.8. The molecule has 3 nitrogen and oxygen atoms in total. The van der Waals surface area contributed by atoms with Gasteiger partial charge in [0.05, 0.1) is 6.61 Å². The minimum absolute atomic E-state index is 0.301. The van der Waals surface area contributed by atoms with Crippen molar-refractivity contribution in [1.29, 1.82) is 0 Å². The van der Waals surface area contributed by atoms with Crippen LogP contribution in [0.15, 0.2) is 30.3 Å². The number of esters is 1. The van der Waals surface area contributed by atoms with Crippen molar-refractivity contribution in [2.45, 2.75) is 38.2 Å². The highest BCUT2D eigenvalue weighted by molar-refractivity contribution is 6.25. The van der Waals surface area contributed by atoms with Gasteiger partial charge in [-0.05, 0) is 24.8 Å². The van der Waals surface area contributed by atoms with E-state index in [4.69, 9.17) is 16.3 Å². The van der Waals surface area contributed by atoms with E-state index in [9.17, 15) is 9.90 Å². The van der Waals surface area contributed by atoms with E-state index in [1.165, 1.54) is 0 Å². The van der Waals surface area contributed by atoms with Crippen molar-refractivity contribution in [2.75, 3.05) is 6.61 Å². The predicted octanol–water partition coefficient (Wildman–Crippen LogP) is 3.09. The fraction of sp³-hybridized carbons (Fsp3) is 0.533. The summed E-state index contributed by atoms with van der Waals surface area (Å²) in [6, 6.07) is 9.03. The van der Waals surface area contributed by atoms with E-state index in [1.807, 2.05) is 32.0 Å². The third kappa shape index (κ3) is 4.51. The molecule has 0 heterocycles. The van der Waals surface area contributed by atoms with E-state index >= 15 is 0 Å². The van der Waals surface area contributed by atoms with Gasteiger partial charge in [0.2, 0.25) is 0 Å². The van der Waals surface area contributed by atoms with Crippen LogP contribution in [-0.2, 0) is 14.4 Å².